The minimum atomic E-state index is -5.08. The number of likely N-dealkylation sites (tertiary alicyclic amines) is 1. The van der Waals surface area contributed by atoms with Crippen LogP contribution in [0.5, 0.6) is 5.75 Å². The minimum Gasteiger partial charge on any atom is -0.496 e. The molecule has 13 heteroatoms. The molecule has 4 rings (SSSR count). The lowest BCUT2D eigenvalue weighted by atomic mass is 10.0. The normalized spacial score (nSPS) is 14.0. The number of aliphatic carboxylic acids is 1. The monoisotopic (exact) mass is 613 g/mol. The van der Waals surface area contributed by atoms with E-state index >= 15 is 0 Å². The highest BCUT2D eigenvalue weighted by molar-refractivity contribution is 7.89. The first-order chi connectivity index (χ1) is 19.5. The van der Waals surface area contributed by atoms with Gasteiger partial charge in [0.25, 0.3) is 0 Å². The van der Waals surface area contributed by atoms with Gasteiger partial charge >= 0.3 is 12.1 Å². The molecule has 2 heterocycles. The lowest BCUT2D eigenvalue weighted by Crippen LogP contribution is -2.33. The SMILES string of the molecule is COc1ccc(CNCCc2cccs2)cc1-c1ccc(S(=O)(=O)NCCN2CCCC2)cc1.O=C(O)C(F)(F)F. The quantitative estimate of drug-likeness (QED) is 0.253. The number of alkyl halides is 3. The third-order valence-electron chi connectivity index (χ3n) is 6.36. The molecule has 0 spiro atoms. The van der Waals surface area contributed by atoms with E-state index in [4.69, 9.17) is 14.6 Å². The van der Waals surface area contributed by atoms with Crippen LogP contribution >= 0.6 is 11.3 Å². The van der Waals surface area contributed by atoms with Crippen LogP contribution < -0.4 is 14.8 Å². The Kier molecular flexibility index (Phi) is 12.2. The zero-order chi connectivity index (χ0) is 29.9. The Hall–Kier alpha value is -2.97. The lowest BCUT2D eigenvalue weighted by molar-refractivity contribution is -0.192. The van der Waals surface area contributed by atoms with E-state index in [2.05, 4.69) is 44.6 Å². The smallest absolute Gasteiger partial charge is 0.490 e. The number of carboxylic acid groups (broad SMARTS) is 1. The summed E-state index contributed by atoms with van der Waals surface area (Å²) in [6.45, 7) is 4.97. The summed E-state index contributed by atoms with van der Waals surface area (Å²) in [5.74, 6) is -1.99. The fourth-order valence-electron chi connectivity index (χ4n) is 4.23. The third kappa shape index (κ3) is 10.4. The summed E-state index contributed by atoms with van der Waals surface area (Å²) in [6.07, 6.45) is -1.67. The minimum absolute atomic E-state index is 0.281. The van der Waals surface area contributed by atoms with Gasteiger partial charge in [0.1, 0.15) is 5.75 Å². The zero-order valence-corrected chi connectivity index (χ0v) is 24.2. The van der Waals surface area contributed by atoms with Gasteiger partial charge in [-0.3, -0.25) is 0 Å². The van der Waals surface area contributed by atoms with Crippen LogP contribution in [-0.4, -0.2) is 70.4 Å². The number of methoxy groups -OCH3 is 1. The van der Waals surface area contributed by atoms with E-state index in [1.807, 2.05) is 18.2 Å². The number of thiophene rings is 1. The van der Waals surface area contributed by atoms with Gasteiger partial charge in [0.2, 0.25) is 10.0 Å². The number of carbonyl (C=O) groups is 1. The highest BCUT2D eigenvalue weighted by Gasteiger charge is 2.38. The van der Waals surface area contributed by atoms with Gasteiger partial charge in [-0.1, -0.05) is 24.3 Å². The van der Waals surface area contributed by atoms with Crippen molar-refractivity contribution < 1.29 is 36.2 Å². The Bertz CT molecular complexity index is 1340. The zero-order valence-electron chi connectivity index (χ0n) is 22.6. The van der Waals surface area contributed by atoms with Crippen LogP contribution in [0.2, 0.25) is 0 Å². The standard InChI is InChI=1S/C26H33N3O3S2.C2HF3O2/c1-32-26-11-6-21(20-27-13-12-23-5-4-18-33-23)19-25(26)22-7-9-24(10-8-22)34(30,31)28-14-17-29-15-2-3-16-29;3-2(4,5)1(6)7/h4-11,18-19,27-28H,2-3,12-17,20H2,1H3;(H,6,7). The Morgan fingerprint density at radius 3 is 2.34 bits per heavy atom. The number of nitrogens with one attached hydrogen (secondary N) is 2. The molecular weight excluding hydrogens is 579 g/mol. The Labute approximate surface area is 242 Å². The largest absolute Gasteiger partial charge is 0.496 e. The molecule has 2 aromatic carbocycles. The summed E-state index contributed by atoms with van der Waals surface area (Å²) < 4.78 is 65.4. The number of sulfonamides is 1. The van der Waals surface area contributed by atoms with Crippen molar-refractivity contribution in [1.29, 1.82) is 0 Å². The molecule has 8 nitrogen and oxygen atoms in total. The predicted octanol–water partition coefficient (Wildman–Crippen LogP) is 4.76. The average molecular weight is 614 g/mol. The van der Waals surface area contributed by atoms with E-state index in [1.54, 1.807) is 30.6 Å². The van der Waals surface area contributed by atoms with Crippen LogP contribution in [0.25, 0.3) is 11.1 Å². The van der Waals surface area contributed by atoms with Crippen LogP contribution in [0.4, 0.5) is 13.2 Å². The highest BCUT2D eigenvalue weighted by Crippen LogP contribution is 2.31. The molecular formula is C28H34F3N3O5S2. The molecule has 1 aliphatic rings. The van der Waals surface area contributed by atoms with Crippen molar-refractivity contribution in [1.82, 2.24) is 14.9 Å². The molecule has 41 heavy (non-hydrogen) atoms. The van der Waals surface area contributed by atoms with Gasteiger partial charge in [0.15, 0.2) is 0 Å². The second-order valence-corrected chi connectivity index (χ2v) is 12.1. The summed E-state index contributed by atoms with van der Waals surface area (Å²) in [4.78, 5) is 12.8. The van der Waals surface area contributed by atoms with Crippen molar-refractivity contribution >= 4 is 27.3 Å². The topological polar surface area (TPSA) is 108 Å². The fourth-order valence-corrected chi connectivity index (χ4v) is 5.96. The molecule has 0 saturated carbocycles. The van der Waals surface area contributed by atoms with Crippen molar-refractivity contribution in [3.8, 4) is 16.9 Å². The lowest BCUT2D eigenvalue weighted by Gasteiger charge is -2.15. The molecule has 0 bridgehead atoms. The van der Waals surface area contributed by atoms with Gasteiger partial charge in [-0.25, -0.2) is 17.9 Å². The number of carboxylic acids is 1. The van der Waals surface area contributed by atoms with Gasteiger partial charge in [0.05, 0.1) is 12.0 Å². The van der Waals surface area contributed by atoms with Crippen molar-refractivity contribution in [3.05, 3.63) is 70.4 Å². The van der Waals surface area contributed by atoms with E-state index in [0.29, 0.717) is 6.54 Å². The van der Waals surface area contributed by atoms with Crippen LogP contribution in [0.3, 0.4) is 0 Å². The van der Waals surface area contributed by atoms with Crippen LogP contribution in [0.15, 0.2) is 64.9 Å². The molecule has 0 atom stereocenters. The average Bonchev–Trinajstić information content (AvgIpc) is 3.66. The van der Waals surface area contributed by atoms with Crippen molar-refractivity contribution in [2.24, 2.45) is 0 Å². The first-order valence-corrected chi connectivity index (χ1v) is 15.4. The molecule has 1 saturated heterocycles. The van der Waals surface area contributed by atoms with Crippen LogP contribution in [0, 0.1) is 0 Å². The van der Waals surface area contributed by atoms with Crippen LogP contribution in [0.1, 0.15) is 23.3 Å². The van der Waals surface area contributed by atoms with E-state index in [9.17, 15) is 21.6 Å². The van der Waals surface area contributed by atoms with Gasteiger partial charge in [-0.2, -0.15) is 13.2 Å². The number of halogens is 3. The predicted molar refractivity (Wildman–Crippen MR) is 153 cm³/mol. The van der Waals surface area contributed by atoms with Gasteiger partial charge < -0.3 is 20.1 Å². The molecule has 0 amide bonds. The number of rotatable bonds is 12. The number of hydrogen-bond acceptors (Lipinski definition) is 7. The van der Waals surface area contributed by atoms with Gasteiger partial charge in [0, 0.05) is 36.6 Å². The molecule has 1 aliphatic heterocycles. The Morgan fingerprint density at radius 1 is 1.07 bits per heavy atom. The number of nitrogens with zero attached hydrogens (tertiary/aromatic N) is 1. The summed E-state index contributed by atoms with van der Waals surface area (Å²) >= 11 is 1.78. The number of ether oxygens (including phenoxy) is 1. The van der Waals surface area contributed by atoms with Crippen molar-refractivity contribution in [3.63, 3.8) is 0 Å². The van der Waals surface area contributed by atoms with E-state index in [-0.39, 0.29) is 4.90 Å². The van der Waals surface area contributed by atoms with Gasteiger partial charge in [-0.05, 0) is 79.2 Å². The second-order valence-electron chi connectivity index (χ2n) is 9.31. The molecule has 1 fully saturated rings. The summed E-state index contributed by atoms with van der Waals surface area (Å²) in [5.41, 5.74) is 3.03. The Balaban J connectivity index is 0.000000587. The van der Waals surface area contributed by atoms with E-state index in [0.717, 1.165) is 61.6 Å². The molecule has 1 aromatic heterocycles. The van der Waals surface area contributed by atoms with Gasteiger partial charge in [-0.15, -0.1) is 11.3 Å². The maximum atomic E-state index is 12.7. The van der Waals surface area contributed by atoms with E-state index < -0.39 is 22.2 Å². The number of hydrogen-bond donors (Lipinski definition) is 3. The highest BCUT2D eigenvalue weighted by atomic mass is 32.2. The van der Waals surface area contributed by atoms with Crippen molar-refractivity contribution in [2.75, 3.05) is 39.8 Å². The maximum absolute atomic E-state index is 12.7. The number of benzene rings is 2. The first kappa shape index (κ1) is 32.5. The first-order valence-electron chi connectivity index (χ1n) is 13.0. The molecule has 3 N–H and O–H groups in total. The van der Waals surface area contributed by atoms with Crippen molar-refractivity contribution in [2.45, 2.75) is 36.9 Å². The molecule has 3 aromatic rings. The summed E-state index contributed by atoms with van der Waals surface area (Å²) in [7, 11) is -1.87. The maximum Gasteiger partial charge on any atom is 0.490 e. The van der Waals surface area contributed by atoms with E-state index in [1.165, 1.54) is 17.7 Å². The molecule has 0 radical (unpaired) electrons. The second kappa shape index (κ2) is 15.3. The molecule has 224 valence electrons. The molecule has 0 unspecified atom stereocenters. The fraction of sp³-hybridized carbons (Fsp3) is 0.393. The van der Waals surface area contributed by atoms with Crippen LogP contribution in [-0.2, 0) is 27.8 Å². The molecule has 0 aliphatic carbocycles. The Morgan fingerprint density at radius 2 is 1.76 bits per heavy atom. The third-order valence-corrected chi connectivity index (χ3v) is 8.77. The summed E-state index contributed by atoms with van der Waals surface area (Å²) in [5, 5.41) is 12.7. The summed E-state index contributed by atoms with van der Waals surface area (Å²) in [6, 6.07) is 17.4.